The molecule has 0 spiro atoms. The lowest BCUT2D eigenvalue weighted by Crippen LogP contribution is -1.85. The predicted octanol–water partition coefficient (Wildman–Crippen LogP) is 2.31. The van der Waals surface area contributed by atoms with Crippen molar-refractivity contribution < 1.29 is 9.47 Å². The highest BCUT2D eigenvalue weighted by Gasteiger charge is 1.95. The highest BCUT2D eigenvalue weighted by atomic mass is 16.5. The molecule has 0 radical (unpaired) electrons. The van der Waals surface area contributed by atoms with E-state index in [-0.39, 0.29) is 0 Å². The fraction of sp³-hybridized carbons (Fsp3) is 0.200. The van der Waals surface area contributed by atoms with Gasteiger partial charge in [-0.05, 0) is 12.1 Å². The Balaban J connectivity index is 2.89. The monoisotopic (exact) mass is 164 g/mol. The summed E-state index contributed by atoms with van der Waals surface area (Å²) in [6.45, 7) is 0. The molecule has 0 amide bonds. The van der Waals surface area contributed by atoms with E-state index in [4.69, 9.17) is 9.47 Å². The first-order valence-electron chi connectivity index (χ1n) is 3.71. The summed E-state index contributed by atoms with van der Waals surface area (Å²) >= 11 is 0. The maximum absolute atomic E-state index is 5.14. The largest absolute Gasteiger partial charge is 0.504 e. The second-order valence-electron chi connectivity index (χ2n) is 2.28. The summed E-state index contributed by atoms with van der Waals surface area (Å²) in [6.07, 6.45) is 3.48. The molecule has 12 heavy (non-hydrogen) atoms. The van der Waals surface area contributed by atoms with Gasteiger partial charge in [-0.3, -0.25) is 0 Å². The van der Waals surface area contributed by atoms with E-state index in [1.165, 1.54) is 0 Å². The lowest BCUT2D eigenvalue weighted by atomic mass is 10.2. The second-order valence-corrected chi connectivity index (χ2v) is 2.28. The number of hydrogen-bond donors (Lipinski definition) is 0. The Morgan fingerprint density at radius 1 is 1.17 bits per heavy atom. The molecule has 0 bridgehead atoms. The van der Waals surface area contributed by atoms with Gasteiger partial charge in [0.2, 0.25) is 0 Å². The highest BCUT2D eigenvalue weighted by Crippen LogP contribution is 2.18. The van der Waals surface area contributed by atoms with Crippen LogP contribution in [0.1, 0.15) is 5.56 Å². The molecule has 0 saturated heterocycles. The molecule has 1 aromatic carbocycles. The van der Waals surface area contributed by atoms with Crippen molar-refractivity contribution in [3.8, 4) is 5.75 Å². The van der Waals surface area contributed by atoms with E-state index in [2.05, 4.69) is 0 Å². The zero-order chi connectivity index (χ0) is 8.81. The van der Waals surface area contributed by atoms with E-state index >= 15 is 0 Å². The molecule has 0 heterocycles. The van der Waals surface area contributed by atoms with Gasteiger partial charge in [0.25, 0.3) is 0 Å². The van der Waals surface area contributed by atoms with Crippen LogP contribution in [-0.4, -0.2) is 14.2 Å². The van der Waals surface area contributed by atoms with Gasteiger partial charge in [-0.1, -0.05) is 18.2 Å². The molecule has 0 saturated carbocycles. The SMILES string of the molecule is COC=Cc1ccccc1OC. The van der Waals surface area contributed by atoms with E-state index in [0.29, 0.717) is 0 Å². The van der Waals surface area contributed by atoms with Crippen molar-refractivity contribution in [3.05, 3.63) is 36.1 Å². The zero-order valence-electron chi connectivity index (χ0n) is 7.28. The van der Waals surface area contributed by atoms with Gasteiger partial charge >= 0.3 is 0 Å². The molecule has 0 aliphatic carbocycles. The summed E-state index contributed by atoms with van der Waals surface area (Å²) in [4.78, 5) is 0. The van der Waals surface area contributed by atoms with E-state index in [1.54, 1.807) is 20.5 Å². The Morgan fingerprint density at radius 3 is 2.58 bits per heavy atom. The third-order valence-corrected chi connectivity index (χ3v) is 1.52. The quantitative estimate of drug-likeness (QED) is 0.638. The summed E-state index contributed by atoms with van der Waals surface area (Å²) < 4.78 is 9.94. The summed E-state index contributed by atoms with van der Waals surface area (Å²) in [5.74, 6) is 0.853. The Hall–Kier alpha value is -1.44. The molecule has 2 heteroatoms. The molecule has 1 rings (SSSR count). The summed E-state index contributed by atoms with van der Waals surface area (Å²) in [6, 6.07) is 7.77. The van der Waals surface area contributed by atoms with E-state index in [0.717, 1.165) is 11.3 Å². The fourth-order valence-electron chi connectivity index (χ4n) is 0.945. The topological polar surface area (TPSA) is 18.5 Å². The molecule has 0 N–H and O–H groups in total. The average molecular weight is 164 g/mol. The number of rotatable bonds is 3. The summed E-state index contributed by atoms with van der Waals surface area (Å²) in [5, 5.41) is 0. The smallest absolute Gasteiger partial charge is 0.126 e. The third kappa shape index (κ3) is 2.02. The van der Waals surface area contributed by atoms with Crippen LogP contribution in [-0.2, 0) is 4.74 Å². The fourth-order valence-corrected chi connectivity index (χ4v) is 0.945. The van der Waals surface area contributed by atoms with Crippen molar-refractivity contribution in [1.82, 2.24) is 0 Å². The molecular formula is C10H12O2. The molecule has 0 aromatic heterocycles. The first-order valence-corrected chi connectivity index (χ1v) is 3.71. The Labute approximate surface area is 72.4 Å². The second kappa shape index (κ2) is 4.44. The molecule has 1 aromatic rings. The van der Waals surface area contributed by atoms with E-state index in [9.17, 15) is 0 Å². The molecule has 0 atom stereocenters. The number of para-hydroxylation sites is 1. The van der Waals surface area contributed by atoms with Crippen LogP contribution in [0.25, 0.3) is 6.08 Å². The van der Waals surface area contributed by atoms with E-state index in [1.807, 2.05) is 30.3 Å². The first kappa shape index (κ1) is 8.65. The van der Waals surface area contributed by atoms with Crippen LogP contribution in [0.2, 0.25) is 0 Å². The lowest BCUT2D eigenvalue weighted by Gasteiger charge is -2.02. The van der Waals surface area contributed by atoms with Crippen molar-refractivity contribution in [1.29, 1.82) is 0 Å². The standard InChI is InChI=1S/C10H12O2/c1-11-8-7-9-5-3-4-6-10(9)12-2/h3-8H,1-2H3. The van der Waals surface area contributed by atoms with Gasteiger partial charge in [0.15, 0.2) is 0 Å². The minimum Gasteiger partial charge on any atom is -0.504 e. The number of ether oxygens (including phenoxy) is 2. The van der Waals surface area contributed by atoms with Crippen LogP contribution in [0.3, 0.4) is 0 Å². The maximum Gasteiger partial charge on any atom is 0.126 e. The Bertz CT molecular complexity index is 266. The van der Waals surface area contributed by atoms with Crippen LogP contribution >= 0.6 is 0 Å². The van der Waals surface area contributed by atoms with Gasteiger partial charge in [-0.2, -0.15) is 0 Å². The average Bonchev–Trinajstić information content (AvgIpc) is 2.15. The molecule has 0 fully saturated rings. The number of methoxy groups -OCH3 is 2. The zero-order valence-corrected chi connectivity index (χ0v) is 7.28. The molecule has 64 valence electrons. The summed E-state index contributed by atoms with van der Waals surface area (Å²) in [5.41, 5.74) is 1.02. The summed E-state index contributed by atoms with van der Waals surface area (Å²) in [7, 11) is 3.27. The van der Waals surface area contributed by atoms with Gasteiger partial charge in [0.05, 0.1) is 20.5 Å². The van der Waals surface area contributed by atoms with Crippen molar-refractivity contribution in [2.75, 3.05) is 14.2 Å². The molecule has 0 aliphatic rings. The van der Waals surface area contributed by atoms with Crippen LogP contribution in [0.15, 0.2) is 30.5 Å². The van der Waals surface area contributed by atoms with Crippen LogP contribution in [0.4, 0.5) is 0 Å². The van der Waals surface area contributed by atoms with Crippen molar-refractivity contribution >= 4 is 6.08 Å². The van der Waals surface area contributed by atoms with Crippen LogP contribution in [0.5, 0.6) is 5.75 Å². The van der Waals surface area contributed by atoms with Crippen molar-refractivity contribution in [2.45, 2.75) is 0 Å². The van der Waals surface area contributed by atoms with Crippen molar-refractivity contribution in [2.24, 2.45) is 0 Å². The van der Waals surface area contributed by atoms with E-state index < -0.39 is 0 Å². The third-order valence-electron chi connectivity index (χ3n) is 1.52. The van der Waals surface area contributed by atoms with Crippen LogP contribution < -0.4 is 4.74 Å². The van der Waals surface area contributed by atoms with Gasteiger partial charge in [-0.25, -0.2) is 0 Å². The molecular weight excluding hydrogens is 152 g/mol. The Kier molecular flexibility index (Phi) is 3.20. The molecule has 0 aliphatic heterocycles. The normalized spacial score (nSPS) is 10.2. The van der Waals surface area contributed by atoms with Gasteiger partial charge in [-0.15, -0.1) is 0 Å². The maximum atomic E-state index is 5.14. The molecule has 0 unspecified atom stereocenters. The molecule has 2 nitrogen and oxygen atoms in total. The predicted molar refractivity (Wildman–Crippen MR) is 49.0 cm³/mol. The van der Waals surface area contributed by atoms with Crippen molar-refractivity contribution in [3.63, 3.8) is 0 Å². The lowest BCUT2D eigenvalue weighted by molar-refractivity contribution is 0.341. The van der Waals surface area contributed by atoms with Gasteiger partial charge < -0.3 is 9.47 Å². The highest BCUT2D eigenvalue weighted by molar-refractivity contribution is 5.56. The van der Waals surface area contributed by atoms with Gasteiger partial charge in [0.1, 0.15) is 5.75 Å². The minimum atomic E-state index is 0.853. The first-order chi connectivity index (χ1) is 5.88. The Morgan fingerprint density at radius 2 is 1.92 bits per heavy atom. The number of hydrogen-bond acceptors (Lipinski definition) is 2. The number of benzene rings is 1. The minimum absolute atomic E-state index is 0.853. The van der Waals surface area contributed by atoms with Crippen LogP contribution in [0, 0.1) is 0 Å². The van der Waals surface area contributed by atoms with Gasteiger partial charge in [0, 0.05) is 5.56 Å².